The Morgan fingerprint density at radius 1 is 1.50 bits per heavy atom. The molecule has 0 amide bonds. The molecule has 0 aromatic carbocycles. The largest absolute Gasteiger partial charge is 0.383 e. The standard InChI is InChI=1S/C13H25N3O2/c1-6-18-13(3,4)10-16-8-7-14-12(16)15-11(2)9-17-5/h7-8,11H,6,9-10H2,1-5H3,(H,14,15). The topological polar surface area (TPSA) is 48.3 Å². The molecule has 1 aromatic rings. The second-order valence-electron chi connectivity index (χ2n) is 5.07. The minimum absolute atomic E-state index is 0.198. The first-order valence-corrected chi connectivity index (χ1v) is 6.39. The van der Waals surface area contributed by atoms with Crippen molar-refractivity contribution in [3.05, 3.63) is 12.4 Å². The van der Waals surface area contributed by atoms with Crippen LogP contribution in [0.25, 0.3) is 0 Å². The van der Waals surface area contributed by atoms with Crippen LogP contribution in [0.3, 0.4) is 0 Å². The quantitative estimate of drug-likeness (QED) is 0.773. The molecule has 5 heteroatoms. The maximum Gasteiger partial charge on any atom is 0.203 e. The first kappa shape index (κ1) is 15.0. The van der Waals surface area contributed by atoms with Gasteiger partial charge in [-0.15, -0.1) is 0 Å². The summed E-state index contributed by atoms with van der Waals surface area (Å²) in [6.45, 7) is 10.4. The molecule has 18 heavy (non-hydrogen) atoms. The van der Waals surface area contributed by atoms with Gasteiger partial charge in [0.15, 0.2) is 0 Å². The minimum Gasteiger partial charge on any atom is -0.383 e. The van der Waals surface area contributed by atoms with E-state index < -0.39 is 0 Å². The molecule has 0 fully saturated rings. The van der Waals surface area contributed by atoms with Gasteiger partial charge in [0.1, 0.15) is 0 Å². The Bertz CT molecular complexity index is 350. The summed E-state index contributed by atoms with van der Waals surface area (Å²) in [6, 6.07) is 0.228. The summed E-state index contributed by atoms with van der Waals surface area (Å²) in [7, 11) is 1.70. The molecule has 1 unspecified atom stereocenters. The van der Waals surface area contributed by atoms with Crippen molar-refractivity contribution in [3.8, 4) is 0 Å². The lowest BCUT2D eigenvalue weighted by atomic mass is 10.1. The van der Waals surface area contributed by atoms with Crippen LogP contribution in [0.4, 0.5) is 5.95 Å². The highest BCUT2D eigenvalue weighted by molar-refractivity contribution is 5.27. The summed E-state index contributed by atoms with van der Waals surface area (Å²) in [5, 5.41) is 3.33. The van der Waals surface area contributed by atoms with E-state index >= 15 is 0 Å². The van der Waals surface area contributed by atoms with Crippen molar-refractivity contribution in [2.75, 3.05) is 25.6 Å². The number of rotatable bonds is 8. The summed E-state index contributed by atoms with van der Waals surface area (Å²) in [5.74, 6) is 0.854. The number of hydrogen-bond donors (Lipinski definition) is 1. The lowest BCUT2D eigenvalue weighted by molar-refractivity contribution is -0.0220. The molecule has 1 heterocycles. The number of methoxy groups -OCH3 is 1. The number of hydrogen-bond acceptors (Lipinski definition) is 4. The number of nitrogens with one attached hydrogen (secondary N) is 1. The number of imidazole rings is 1. The van der Waals surface area contributed by atoms with Crippen molar-refractivity contribution in [2.24, 2.45) is 0 Å². The second-order valence-corrected chi connectivity index (χ2v) is 5.07. The molecule has 1 N–H and O–H groups in total. The van der Waals surface area contributed by atoms with Crippen molar-refractivity contribution >= 4 is 5.95 Å². The summed E-state index contributed by atoms with van der Waals surface area (Å²) in [4.78, 5) is 4.32. The number of aromatic nitrogens is 2. The Morgan fingerprint density at radius 2 is 2.22 bits per heavy atom. The SMILES string of the molecule is CCOC(C)(C)Cn1ccnc1NC(C)COC. The van der Waals surface area contributed by atoms with E-state index in [2.05, 4.69) is 35.6 Å². The average Bonchev–Trinajstić information content (AvgIpc) is 2.65. The summed E-state index contributed by atoms with van der Waals surface area (Å²) in [5.41, 5.74) is -0.198. The van der Waals surface area contributed by atoms with E-state index in [0.29, 0.717) is 13.2 Å². The number of ether oxygens (including phenoxy) is 2. The Balaban J connectivity index is 2.65. The van der Waals surface area contributed by atoms with Gasteiger partial charge in [-0.1, -0.05) is 0 Å². The van der Waals surface area contributed by atoms with Crippen molar-refractivity contribution in [2.45, 2.75) is 45.9 Å². The summed E-state index contributed by atoms with van der Waals surface area (Å²) < 4.78 is 12.9. The van der Waals surface area contributed by atoms with Crippen LogP contribution in [-0.2, 0) is 16.0 Å². The normalized spacial score (nSPS) is 13.6. The fourth-order valence-electron chi connectivity index (χ4n) is 1.94. The number of anilines is 1. The average molecular weight is 255 g/mol. The molecule has 0 saturated carbocycles. The third-order valence-corrected chi connectivity index (χ3v) is 2.59. The maximum absolute atomic E-state index is 5.71. The smallest absolute Gasteiger partial charge is 0.203 e. The number of nitrogens with zero attached hydrogens (tertiary/aromatic N) is 2. The van der Waals surface area contributed by atoms with Gasteiger partial charge in [0.05, 0.1) is 18.8 Å². The van der Waals surface area contributed by atoms with Gasteiger partial charge < -0.3 is 19.4 Å². The van der Waals surface area contributed by atoms with Gasteiger partial charge in [-0.3, -0.25) is 0 Å². The van der Waals surface area contributed by atoms with E-state index in [1.807, 2.05) is 13.1 Å². The van der Waals surface area contributed by atoms with Crippen LogP contribution in [0.15, 0.2) is 12.4 Å². The van der Waals surface area contributed by atoms with E-state index in [-0.39, 0.29) is 11.6 Å². The molecule has 1 aromatic heterocycles. The highest BCUT2D eigenvalue weighted by atomic mass is 16.5. The second kappa shape index (κ2) is 6.75. The summed E-state index contributed by atoms with van der Waals surface area (Å²) >= 11 is 0. The Morgan fingerprint density at radius 3 is 2.83 bits per heavy atom. The van der Waals surface area contributed by atoms with Crippen LogP contribution in [-0.4, -0.2) is 41.5 Å². The van der Waals surface area contributed by atoms with E-state index in [9.17, 15) is 0 Å². The van der Waals surface area contributed by atoms with Gasteiger partial charge in [0.2, 0.25) is 5.95 Å². The summed E-state index contributed by atoms with van der Waals surface area (Å²) in [6.07, 6.45) is 3.76. The highest BCUT2D eigenvalue weighted by Crippen LogP contribution is 2.16. The Kier molecular flexibility index (Phi) is 5.62. The fraction of sp³-hybridized carbons (Fsp3) is 0.769. The monoisotopic (exact) mass is 255 g/mol. The molecular formula is C13H25N3O2. The molecule has 0 aliphatic rings. The third-order valence-electron chi connectivity index (χ3n) is 2.59. The van der Waals surface area contributed by atoms with Crippen LogP contribution in [0.5, 0.6) is 0 Å². The molecule has 0 radical (unpaired) electrons. The molecule has 0 aliphatic heterocycles. The fourth-order valence-corrected chi connectivity index (χ4v) is 1.94. The Labute approximate surface area is 109 Å². The minimum atomic E-state index is -0.198. The van der Waals surface area contributed by atoms with Crippen LogP contribution in [0, 0.1) is 0 Å². The van der Waals surface area contributed by atoms with E-state index in [4.69, 9.17) is 9.47 Å². The zero-order valence-corrected chi connectivity index (χ0v) is 12.1. The first-order chi connectivity index (χ1) is 8.48. The van der Waals surface area contributed by atoms with Gasteiger partial charge in [0.25, 0.3) is 0 Å². The van der Waals surface area contributed by atoms with E-state index in [0.717, 1.165) is 12.5 Å². The maximum atomic E-state index is 5.71. The molecule has 1 rings (SSSR count). The first-order valence-electron chi connectivity index (χ1n) is 6.39. The highest BCUT2D eigenvalue weighted by Gasteiger charge is 2.20. The molecule has 0 aliphatic carbocycles. The predicted molar refractivity (Wildman–Crippen MR) is 72.9 cm³/mol. The van der Waals surface area contributed by atoms with Gasteiger partial charge in [-0.2, -0.15) is 0 Å². The van der Waals surface area contributed by atoms with Crippen LogP contribution >= 0.6 is 0 Å². The zero-order chi connectivity index (χ0) is 13.6. The van der Waals surface area contributed by atoms with Gasteiger partial charge in [-0.05, 0) is 27.7 Å². The lowest BCUT2D eigenvalue weighted by Crippen LogP contribution is -2.32. The predicted octanol–water partition coefficient (Wildman–Crippen LogP) is 2.14. The van der Waals surface area contributed by atoms with Gasteiger partial charge in [0, 0.05) is 32.2 Å². The van der Waals surface area contributed by atoms with Crippen molar-refractivity contribution in [1.82, 2.24) is 9.55 Å². The van der Waals surface area contributed by atoms with E-state index in [1.165, 1.54) is 0 Å². The molecule has 0 spiro atoms. The van der Waals surface area contributed by atoms with Crippen molar-refractivity contribution < 1.29 is 9.47 Å². The molecular weight excluding hydrogens is 230 g/mol. The molecule has 5 nitrogen and oxygen atoms in total. The van der Waals surface area contributed by atoms with Crippen molar-refractivity contribution in [1.29, 1.82) is 0 Å². The van der Waals surface area contributed by atoms with Crippen molar-refractivity contribution in [3.63, 3.8) is 0 Å². The molecule has 0 saturated heterocycles. The van der Waals surface area contributed by atoms with Crippen LogP contribution < -0.4 is 5.32 Å². The third kappa shape index (κ3) is 4.66. The molecule has 0 bridgehead atoms. The molecule has 1 atom stereocenters. The van der Waals surface area contributed by atoms with Crippen LogP contribution in [0.1, 0.15) is 27.7 Å². The Hall–Kier alpha value is -1.07. The van der Waals surface area contributed by atoms with E-state index in [1.54, 1.807) is 13.3 Å². The lowest BCUT2D eigenvalue weighted by Gasteiger charge is -2.26. The van der Waals surface area contributed by atoms with Crippen LogP contribution in [0.2, 0.25) is 0 Å². The van der Waals surface area contributed by atoms with Gasteiger partial charge in [-0.25, -0.2) is 4.98 Å². The van der Waals surface area contributed by atoms with Gasteiger partial charge >= 0.3 is 0 Å². The zero-order valence-electron chi connectivity index (χ0n) is 12.1. The molecule has 104 valence electrons.